The fraction of sp³-hybridized carbons (Fsp3) is 0.250. The smallest absolute Gasteiger partial charge is 0.255 e. The summed E-state index contributed by atoms with van der Waals surface area (Å²) in [6.45, 7) is 8.80. The van der Waals surface area contributed by atoms with E-state index >= 15 is 0 Å². The molecule has 0 atom stereocenters. The van der Waals surface area contributed by atoms with Crippen LogP contribution in [0.15, 0.2) is 59.6 Å². The van der Waals surface area contributed by atoms with E-state index in [1.807, 2.05) is 12.1 Å². The number of nitrogens with one attached hydrogen (secondary N) is 1. The van der Waals surface area contributed by atoms with Gasteiger partial charge in [0.15, 0.2) is 0 Å². The van der Waals surface area contributed by atoms with Crippen LogP contribution >= 0.6 is 15.9 Å². The molecular weight excluding hydrogens is 382 g/mol. The summed E-state index contributed by atoms with van der Waals surface area (Å²) >= 11 is 3.46. The Morgan fingerprint density at radius 2 is 1.96 bits per heavy atom. The van der Waals surface area contributed by atoms with Crippen molar-refractivity contribution in [3.63, 3.8) is 0 Å². The van der Waals surface area contributed by atoms with Crippen LogP contribution in [0.3, 0.4) is 0 Å². The molecule has 0 radical (unpaired) electrons. The van der Waals surface area contributed by atoms with Crippen LogP contribution < -0.4 is 14.8 Å². The van der Waals surface area contributed by atoms with Gasteiger partial charge in [-0.15, -0.1) is 0 Å². The van der Waals surface area contributed by atoms with E-state index in [9.17, 15) is 4.79 Å². The number of amides is 1. The summed E-state index contributed by atoms with van der Waals surface area (Å²) in [6.07, 6.45) is 1.66. The van der Waals surface area contributed by atoms with Gasteiger partial charge >= 0.3 is 0 Å². The highest BCUT2D eigenvalue weighted by Gasteiger charge is 2.12. The maximum absolute atomic E-state index is 12.5. The van der Waals surface area contributed by atoms with Crippen LogP contribution in [0.2, 0.25) is 0 Å². The third-order valence-electron chi connectivity index (χ3n) is 3.26. The van der Waals surface area contributed by atoms with Crippen LogP contribution in [-0.4, -0.2) is 19.1 Å². The van der Waals surface area contributed by atoms with Crippen molar-refractivity contribution in [2.75, 3.05) is 18.5 Å². The van der Waals surface area contributed by atoms with Gasteiger partial charge in [0.2, 0.25) is 0 Å². The molecule has 132 valence electrons. The van der Waals surface area contributed by atoms with Crippen LogP contribution in [0, 0.1) is 5.92 Å². The van der Waals surface area contributed by atoms with Crippen molar-refractivity contribution in [3.8, 4) is 11.5 Å². The van der Waals surface area contributed by atoms with Crippen LogP contribution in [0.5, 0.6) is 11.5 Å². The second-order valence-electron chi connectivity index (χ2n) is 5.90. The molecule has 0 saturated carbocycles. The first-order chi connectivity index (χ1) is 12.0. The van der Waals surface area contributed by atoms with Crippen LogP contribution in [0.4, 0.5) is 5.69 Å². The third-order valence-corrected chi connectivity index (χ3v) is 3.88. The number of benzene rings is 2. The van der Waals surface area contributed by atoms with Crippen molar-refractivity contribution in [2.45, 2.75) is 13.8 Å². The predicted octanol–water partition coefficient (Wildman–Crippen LogP) is 5.30. The lowest BCUT2D eigenvalue weighted by Crippen LogP contribution is -2.13. The Bertz CT molecular complexity index is 743. The first-order valence-electron chi connectivity index (χ1n) is 8.07. The topological polar surface area (TPSA) is 47.6 Å². The van der Waals surface area contributed by atoms with Crippen molar-refractivity contribution >= 4 is 27.5 Å². The summed E-state index contributed by atoms with van der Waals surface area (Å²) in [5, 5.41) is 2.87. The summed E-state index contributed by atoms with van der Waals surface area (Å²) in [4.78, 5) is 12.5. The van der Waals surface area contributed by atoms with Gasteiger partial charge < -0.3 is 14.8 Å². The van der Waals surface area contributed by atoms with Gasteiger partial charge in [-0.2, -0.15) is 0 Å². The maximum atomic E-state index is 12.5. The number of anilines is 1. The molecule has 2 aromatic carbocycles. The Morgan fingerprint density at radius 1 is 1.20 bits per heavy atom. The molecule has 0 aliphatic heterocycles. The van der Waals surface area contributed by atoms with E-state index in [4.69, 9.17) is 9.47 Å². The molecular formula is C20H22BrNO3. The largest absolute Gasteiger partial charge is 0.492 e. The molecule has 2 rings (SSSR count). The molecule has 0 aliphatic carbocycles. The highest BCUT2D eigenvalue weighted by atomic mass is 79.9. The fourth-order valence-corrected chi connectivity index (χ4v) is 2.55. The molecule has 1 N–H and O–H groups in total. The Kier molecular flexibility index (Phi) is 7.07. The SMILES string of the molecule is C=CCOc1ccccc1NC(=O)c1ccc(OCC(C)C)c(Br)c1. The second-order valence-corrected chi connectivity index (χ2v) is 6.75. The zero-order chi connectivity index (χ0) is 18.2. The molecule has 0 unspecified atom stereocenters. The number of hydrogen-bond donors (Lipinski definition) is 1. The molecule has 0 bridgehead atoms. The van der Waals surface area contributed by atoms with Gasteiger partial charge in [0.1, 0.15) is 18.1 Å². The highest BCUT2D eigenvalue weighted by Crippen LogP contribution is 2.28. The van der Waals surface area contributed by atoms with E-state index in [0.29, 0.717) is 36.1 Å². The molecule has 0 aromatic heterocycles. The lowest BCUT2D eigenvalue weighted by Gasteiger charge is -2.13. The summed E-state index contributed by atoms with van der Waals surface area (Å²) < 4.78 is 12.0. The van der Waals surface area contributed by atoms with Gasteiger partial charge in [-0.05, 0) is 52.2 Å². The van der Waals surface area contributed by atoms with Crippen molar-refractivity contribution in [1.29, 1.82) is 0 Å². The standard InChI is InChI=1S/C20H22BrNO3/c1-4-11-24-19-8-6-5-7-17(19)22-20(23)15-9-10-18(16(21)12-15)25-13-14(2)3/h4-10,12,14H,1,11,13H2,2-3H3,(H,22,23). The zero-order valence-corrected chi connectivity index (χ0v) is 16.0. The molecule has 25 heavy (non-hydrogen) atoms. The minimum atomic E-state index is -0.217. The number of carbonyl (C=O) groups is 1. The van der Waals surface area contributed by atoms with E-state index in [1.165, 1.54) is 0 Å². The molecule has 1 amide bonds. The molecule has 0 fully saturated rings. The van der Waals surface area contributed by atoms with E-state index in [1.54, 1.807) is 36.4 Å². The Hall–Kier alpha value is -2.27. The van der Waals surface area contributed by atoms with Crippen LogP contribution in [0.25, 0.3) is 0 Å². The number of carbonyl (C=O) groups excluding carboxylic acids is 1. The summed E-state index contributed by atoms with van der Waals surface area (Å²) in [6, 6.07) is 12.6. The average molecular weight is 404 g/mol. The Morgan fingerprint density at radius 3 is 2.64 bits per heavy atom. The Balaban J connectivity index is 2.11. The van der Waals surface area contributed by atoms with E-state index in [0.717, 1.165) is 10.2 Å². The van der Waals surface area contributed by atoms with Crippen molar-refractivity contribution in [3.05, 3.63) is 65.2 Å². The molecule has 5 heteroatoms. The molecule has 0 saturated heterocycles. The van der Waals surface area contributed by atoms with Gasteiger partial charge in [0.05, 0.1) is 16.8 Å². The fourth-order valence-electron chi connectivity index (χ4n) is 2.05. The van der Waals surface area contributed by atoms with E-state index in [-0.39, 0.29) is 5.91 Å². The first kappa shape index (κ1) is 19.1. The van der Waals surface area contributed by atoms with Gasteiger partial charge in [-0.1, -0.05) is 38.6 Å². The number of rotatable bonds is 8. The number of ether oxygens (including phenoxy) is 2. The minimum absolute atomic E-state index is 0.217. The number of para-hydroxylation sites is 2. The van der Waals surface area contributed by atoms with E-state index < -0.39 is 0 Å². The molecule has 2 aromatic rings. The summed E-state index contributed by atoms with van der Waals surface area (Å²) in [5.74, 6) is 1.54. The van der Waals surface area contributed by atoms with Gasteiger partial charge in [-0.3, -0.25) is 4.79 Å². The van der Waals surface area contributed by atoms with Gasteiger partial charge in [0, 0.05) is 5.56 Å². The van der Waals surface area contributed by atoms with Crippen LogP contribution in [0.1, 0.15) is 24.2 Å². The predicted molar refractivity (Wildman–Crippen MR) is 105 cm³/mol. The van der Waals surface area contributed by atoms with Crippen molar-refractivity contribution < 1.29 is 14.3 Å². The van der Waals surface area contributed by atoms with Crippen molar-refractivity contribution in [1.82, 2.24) is 0 Å². The first-order valence-corrected chi connectivity index (χ1v) is 8.87. The normalized spacial score (nSPS) is 10.4. The number of halogens is 1. The van der Waals surface area contributed by atoms with Gasteiger partial charge in [0.25, 0.3) is 5.91 Å². The molecule has 4 nitrogen and oxygen atoms in total. The summed E-state index contributed by atoms with van der Waals surface area (Å²) in [7, 11) is 0. The minimum Gasteiger partial charge on any atom is -0.492 e. The van der Waals surface area contributed by atoms with Crippen LogP contribution in [-0.2, 0) is 0 Å². The lowest BCUT2D eigenvalue weighted by atomic mass is 10.2. The van der Waals surface area contributed by atoms with E-state index in [2.05, 4.69) is 41.7 Å². The van der Waals surface area contributed by atoms with Gasteiger partial charge in [-0.25, -0.2) is 0 Å². The Labute approximate surface area is 157 Å². The summed E-state index contributed by atoms with van der Waals surface area (Å²) in [5.41, 5.74) is 1.15. The number of hydrogen-bond acceptors (Lipinski definition) is 3. The quantitative estimate of drug-likeness (QED) is 0.608. The monoisotopic (exact) mass is 403 g/mol. The lowest BCUT2D eigenvalue weighted by molar-refractivity contribution is 0.102. The third kappa shape index (κ3) is 5.64. The second kappa shape index (κ2) is 9.28. The average Bonchev–Trinajstić information content (AvgIpc) is 2.59. The van der Waals surface area contributed by atoms with Crippen molar-refractivity contribution in [2.24, 2.45) is 5.92 Å². The zero-order valence-electron chi connectivity index (χ0n) is 14.4. The highest BCUT2D eigenvalue weighted by molar-refractivity contribution is 9.10. The molecule has 0 aliphatic rings. The molecule has 0 heterocycles. The maximum Gasteiger partial charge on any atom is 0.255 e. The molecule has 0 spiro atoms.